The highest BCUT2D eigenvalue weighted by Crippen LogP contribution is 2.40. The molecular weight excluding hydrogens is 346 g/mol. The van der Waals surface area contributed by atoms with Crippen molar-refractivity contribution >= 4 is 17.6 Å². The predicted molar refractivity (Wildman–Crippen MR) is 98.2 cm³/mol. The van der Waals surface area contributed by atoms with Crippen molar-refractivity contribution in [1.29, 1.82) is 0 Å². The van der Waals surface area contributed by atoms with Crippen molar-refractivity contribution in [2.45, 2.75) is 31.8 Å². The van der Waals surface area contributed by atoms with Crippen molar-refractivity contribution < 1.29 is 19.1 Å². The monoisotopic (exact) mass is 367 g/mol. The number of para-hydroxylation sites is 1. The summed E-state index contributed by atoms with van der Waals surface area (Å²) in [6.07, 6.45) is 4.66. The average Bonchev–Trinajstić information content (AvgIpc) is 2.69. The Bertz CT molecular complexity index is 875. The van der Waals surface area contributed by atoms with Crippen LogP contribution in [-0.4, -0.2) is 47.0 Å². The molecule has 7 nitrogen and oxygen atoms in total. The largest absolute Gasteiger partial charge is 0.486 e. The highest BCUT2D eigenvalue weighted by atomic mass is 16.5. The number of hydrogen-bond donors (Lipinski definition) is 0. The van der Waals surface area contributed by atoms with Gasteiger partial charge in [0.15, 0.2) is 5.78 Å². The molecule has 0 bridgehead atoms. The number of nitrogens with zero attached hydrogens (tertiary/aromatic N) is 3. The Morgan fingerprint density at radius 2 is 2.07 bits per heavy atom. The van der Waals surface area contributed by atoms with Crippen LogP contribution in [0.2, 0.25) is 0 Å². The van der Waals surface area contributed by atoms with E-state index < -0.39 is 11.6 Å². The second-order valence-corrected chi connectivity index (χ2v) is 6.85. The highest BCUT2D eigenvalue weighted by Gasteiger charge is 2.43. The molecule has 3 heterocycles. The van der Waals surface area contributed by atoms with Crippen LogP contribution in [0, 0.1) is 0 Å². The van der Waals surface area contributed by atoms with Gasteiger partial charge >= 0.3 is 5.97 Å². The van der Waals surface area contributed by atoms with E-state index in [1.54, 1.807) is 6.92 Å². The first-order chi connectivity index (χ1) is 13.1. The molecule has 7 heteroatoms. The summed E-state index contributed by atoms with van der Waals surface area (Å²) in [4.78, 5) is 35.0. The lowest BCUT2D eigenvalue weighted by molar-refractivity contribution is 0.0231. The van der Waals surface area contributed by atoms with E-state index in [2.05, 4.69) is 9.97 Å². The first-order valence-corrected chi connectivity index (χ1v) is 9.15. The van der Waals surface area contributed by atoms with Crippen molar-refractivity contribution in [3.05, 3.63) is 47.9 Å². The normalized spacial score (nSPS) is 18.0. The number of rotatable bonds is 3. The number of anilines is 1. The number of esters is 1. The number of carbonyl (C=O) groups excluding carboxylic acids is 2. The van der Waals surface area contributed by atoms with Crippen molar-refractivity contribution in [2.24, 2.45) is 0 Å². The molecular formula is C20H21N3O4. The van der Waals surface area contributed by atoms with Gasteiger partial charge in [-0.2, -0.15) is 0 Å². The Labute approximate surface area is 157 Å². The van der Waals surface area contributed by atoms with Gasteiger partial charge in [0.2, 0.25) is 0 Å². The average molecular weight is 367 g/mol. The molecule has 2 aromatic rings. The van der Waals surface area contributed by atoms with E-state index >= 15 is 0 Å². The summed E-state index contributed by atoms with van der Waals surface area (Å²) in [7, 11) is 0. The number of Topliss-reactive ketones (excluding diaryl/α,β-unsaturated/α-hetero) is 1. The standard InChI is InChI=1S/C20H21N3O4/c1-2-26-19(25)15-12-21-13-22-18(15)23-9-7-20(8-10-23)11-16(24)14-5-3-4-6-17(14)27-20/h3-6,12-13H,2,7-11H2,1H3. The fourth-order valence-corrected chi connectivity index (χ4v) is 3.78. The van der Waals surface area contributed by atoms with E-state index in [1.807, 2.05) is 29.2 Å². The van der Waals surface area contributed by atoms with Crippen LogP contribution in [-0.2, 0) is 4.74 Å². The summed E-state index contributed by atoms with van der Waals surface area (Å²) >= 11 is 0. The molecule has 0 amide bonds. The Balaban J connectivity index is 1.52. The molecule has 1 spiro atoms. The number of aromatic nitrogens is 2. The number of carbonyl (C=O) groups is 2. The van der Waals surface area contributed by atoms with Crippen LogP contribution in [0.5, 0.6) is 5.75 Å². The van der Waals surface area contributed by atoms with Gasteiger partial charge in [-0.05, 0) is 19.1 Å². The predicted octanol–water partition coefficient (Wildman–Crippen LogP) is 2.66. The van der Waals surface area contributed by atoms with Gasteiger partial charge in [0, 0.05) is 32.1 Å². The third-order valence-electron chi connectivity index (χ3n) is 5.16. The minimum atomic E-state index is -0.487. The van der Waals surface area contributed by atoms with Crippen LogP contribution in [0.4, 0.5) is 5.82 Å². The van der Waals surface area contributed by atoms with Crippen LogP contribution in [0.3, 0.4) is 0 Å². The maximum absolute atomic E-state index is 12.6. The molecule has 2 aliphatic heterocycles. The minimum Gasteiger partial charge on any atom is -0.486 e. The van der Waals surface area contributed by atoms with Gasteiger partial charge in [-0.1, -0.05) is 12.1 Å². The zero-order valence-corrected chi connectivity index (χ0v) is 15.2. The van der Waals surface area contributed by atoms with Gasteiger partial charge in [-0.25, -0.2) is 14.8 Å². The van der Waals surface area contributed by atoms with Crippen molar-refractivity contribution in [3.8, 4) is 5.75 Å². The van der Waals surface area contributed by atoms with Crippen LogP contribution >= 0.6 is 0 Å². The SMILES string of the molecule is CCOC(=O)c1cncnc1N1CCC2(CC1)CC(=O)c1ccccc1O2. The lowest BCUT2D eigenvalue weighted by atomic mass is 9.82. The molecule has 4 rings (SSSR count). The molecule has 1 saturated heterocycles. The van der Waals surface area contributed by atoms with E-state index in [0.29, 0.717) is 61.7 Å². The van der Waals surface area contributed by atoms with Crippen LogP contribution in [0.1, 0.15) is 46.9 Å². The number of benzene rings is 1. The van der Waals surface area contributed by atoms with Gasteiger partial charge in [0.05, 0.1) is 18.6 Å². The zero-order chi connectivity index (χ0) is 18.9. The topological polar surface area (TPSA) is 81.6 Å². The maximum atomic E-state index is 12.6. The third-order valence-corrected chi connectivity index (χ3v) is 5.16. The summed E-state index contributed by atoms with van der Waals surface area (Å²) in [5.41, 5.74) is 0.534. The van der Waals surface area contributed by atoms with Crippen LogP contribution in [0.15, 0.2) is 36.8 Å². The Hall–Kier alpha value is -2.96. The first-order valence-electron chi connectivity index (χ1n) is 9.15. The maximum Gasteiger partial charge on any atom is 0.343 e. The van der Waals surface area contributed by atoms with Crippen molar-refractivity contribution in [3.63, 3.8) is 0 Å². The van der Waals surface area contributed by atoms with Crippen molar-refractivity contribution in [1.82, 2.24) is 9.97 Å². The van der Waals surface area contributed by atoms with E-state index in [9.17, 15) is 9.59 Å². The minimum absolute atomic E-state index is 0.125. The molecule has 27 heavy (non-hydrogen) atoms. The molecule has 140 valence electrons. The zero-order valence-electron chi connectivity index (χ0n) is 15.2. The molecule has 0 atom stereocenters. The van der Waals surface area contributed by atoms with E-state index in [4.69, 9.17) is 9.47 Å². The summed E-state index contributed by atoms with van der Waals surface area (Å²) in [5.74, 6) is 0.934. The van der Waals surface area contributed by atoms with Crippen molar-refractivity contribution in [2.75, 3.05) is 24.6 Å². The van der Waals surface area contributed by atoms with Gasteiger partial charge < -0.3 is 14.4 Å². The summed E-state index contributed by atoms with van der Waals surface area (Å²) in [6.45, 7) is 3.34. The molecule has 1 aromatic carbocycles. The van der Waals surface area contributed by atoms with E-state index in [-0.39, 0.29) is 5.78 Å². The lowest BCUT2D eigenvalue weighted by Crippen LogP contribution is -2.51. The number of ketones is 1. The Morgan fingerprint density at radius 3 is 2.85 bits per heavy atom. The number of hydrogen-bond acceptors (Lipinski definition) is 7. The molecule has 0 N–H and O–H groups in total. The molecule has 0 unspecified atom stereocenters. The Morgan fingerprint density at radius 1 is 1.30 bits per heavy atom. The molecule has 0 saturated carbocycles. The molecule has 1 aromatic heterocycles. The Kier molecular flexibility index (Phi) is 4.51. The summed E-state index contributed by atoms with van der Waals surface area (Å²) in [5, 5.41) is 0. The fraction of sp³-hybridized carbons (Fsp3) is 0.400. The number of piperidine rings is 1. The van der Waals surface area contributed by atoms with Gasteiger partial charge in [0.1, 0.15) is 29.1 Å². The van der Waals surface area contributed by atoms with Crippen LogP contribution < -0.4 is 9.64 Å². The molecule has 2 aliphatic rings. The molecule has 0 radical (unpaired) electrons. The van der Waals surface area contributed by atoms with E-state index in [1.165, 1.54) is 12.5 Å². The quantitative estimate of drug-likeness (QED) is 0.771. The van der Waals surface area contributed by atoms with Gasteiger partial charge in [-0.15, -0.1) is 0 Å². The fourth-order valence-electron chi connectivity index (χ4n) is 3.78. The highest BCUT2D eigenvalue weighted by molar-refractivity contribution is 6.00. The smallest absolute Gasteiger partial charge is 0.343 e. The summed E-state index contributed by atoms with van der Waals surface area (Å²) in [6, 6.07) is 7.40. The summed E-state index contributed by atoms with van der Waals surface area (Å²) < 4.78 is 11.4. The lowest BCUT2D eigenvalue weighted by Gasteiger charge is -2.44. The van der Waals surface area contributed by atoms with Gasteiger partial charge in [0.25, 0.3) is 0 Å². The number of fused-ring (bicyclic) bond motifs is 1. The second kappa shape index (κ2) is 6.98. The molecule has 1 fully saturated rings. The third kappa shape index (κ3) is 3.25. The first kappa shape index (κ1) is 17.5. The number of ether oxygens (including phenoxy) is 2. The van der Waals surface area contributed by atoms with Crippen LogP contribution in [0.25, 0.3) is 0 Å². The second-order valence-electron chi connectivity index (χ2n) is 6.85. The van der Waals surface area contributed by atoms with Gasteiger partial charge in [-0.3, -0.25) is 4.79 Å². The van der Waals surface area contributed by atoms with E-state index in [0.717, 1.165) is 0 Å². The molecule has 0 aliphatic carbocycles.